The second-order valence-corrected chi connectivity index (χ2v) is 19.8. The van der Waals surface area contributed by atoms with E-state index in [9.17, 15) is 18.0 Å². The molecule has 6 rings (SSSR count). The molecule has 3 aromatic rings. The number of nitrogens with zero attached hydrogens (tertiary/aromatic N) is 3. The molecule has 1 aromatic heterocycles. The Hall–Kier alpha value is -4.89. The maximum Gasteiger partial charge on any atom is 0.338 e. The molecule has 3 fully saturated rings. The first-order valence-corrected chi connectivity index (χ1v) is 21.2. The monoisotopic (exact) mass is 837 g/mol. The number of hydrogen-bond acceptors (Lipinski definition) is 11. The number of fused-ring (bicyclic) bond motifs is 1. The number of methoxy groups -OCH3 is 1. The summed E-state index contributed by atoms with van der Waals surface area (Å²) in [4.78, 5) is 64.6. The third-order valence-corrected chi connectivity index (χ3v) is 12.7. The number of benzene rings is 2. The molecular formula is C42H52ClN5O9S. The molecule has 1 unspecified atom stereocenters. The number of esters is 1. The van der Waals surface area contributed by atoms with Crippen molar-refractivity contribution in [2.24, 2.45) is 11.3 Å². The van der Waals surface area contributed by atoms with Crippen LogP contribution in [0.4, 0.5) is 10.5 Å². The summed E-state index contributed by atoms with van der Waals surface area (Å²) in [6.07, 6.45) is 3.54. The van der Waals surface area contributed by atoms with E-state index >= 15 is 9.59 Å². The van der Waals surface area contributed by atoms with Crippen LogP contribution in [0, 0.1) is 11.3 Å². The van der Waals surface area contributed by atoms with Crippen molar-refractivity contribution in [2.75, 3.05) is 19.0 Å². The molecule has 2 aliphatic carbocycles. The third kappa shape index (κ3) is 8.75. The molecule has 2 saturated carbocycles. The average molecular weight is 838 g/mol. The lowest BCUT2D eigenvalue weighted by atomic mass is 9.85. The predicted octanol–water partition coefficient (Wildman–Crippen LogP) is 6.72. The number of carbonyl (C=O) groups is 4. The number of nitrogens with one attached hydrogen (secondary N) is 2. The van der Waals surface area contributed by atoms with Crippen LogP contribution in [0.3, 0.4) is 0 Å². The lowest BCUT2D eigenvalue weighted by Gasteiger charge is -2.40. The molecule has 1 saturated heterocycles. The normalized spacial score (nSPS) is 22.4. The molecule has 3 aliphatic rings. The quantitative estimate of drug-likeness (QED) is 0.146. The van der Waals surface area contributed by atoms with Gasteiger partial charge in [0.2, 0.25) is 15.9 Å². The van der Waals surface area contributed by atoms with Crippen molar-refractivity contribution < 1.29 is 41.8 Å². The second-order valence-electron chi connectivity index (χ2n) is 17.4. The molecular weight excluding hydrogens is 786 g/mol. The number of likely N-dealkylation sites (tertiary alicyclic amines) is 1. The fourth-order valence-corrected chi connectivity index (χ4v) is 8.90. The first-order chi connectivity index (χ1) is 27.1. The van der Waals surface area contributed by atoms with Gasteiger partial charge in [0.25, 0.3) is 11.8 Å². The zero-order valence-corrected chi connectivity index (χ0v) is 35.7. The van der Waals surface area contributed by atoms with Crippen molar-refractivity contribution in [3.05, 3.63) is 71.9 Å². The highest BCUT2D eigenvalue weighted by Gasteiger charge is 2.68. The van der Waals surface area contributed by atoms with Crippen molar-refractivity contribution >= 4 is 61.9 Å². The summed E-state index contributed by atoms with van der Waals surface area (Å²) in [6, 6.07) is 9.27. The van der Waals surface area contributed by atoms with E-state index in [0.717, 1.165) is 10.3 Å². The Morgan fingerprint density at radius 3 is 2.38 bits per heavy atom. The topological polar surface area (TPSA) is 174 Å². The first-order valence-electron chi connectivity index (χ1n) is 19.3. The Bertz CT molecular complexity index is 2250. The second kappa shape index (κ2) is 15.7. The van der Waals surface area contributed by atoms with Crippen molar-refractivity contribution in [1.29, 1.82) is 0 Å². The highest BCUT2D eigenvalue weighted by molar-refractivity contribution is 7.91. The Balaban J connectivity index is 1.36. The van der Waals surface area contributed by atoms with Gasteiger partial charge in [-0.1, -0.05) is 44.5 Å². The molecule has 58 heavy (non-hydrogen) atoms. The van der Waals surface area contributed by atoms with Crippen LogP contribution in [-0.2, 0) is 24.3 Å². The Morgan fingerprint density at radius 2 is 1.78 bits per heavy atom. The summed E-state index contributed by atoms with van der Waals surface area (Å²) in [5, 5.41) is 4.30. The summed E-state index contributed by atoms with van der Waals surface area (Å²) in [6.45, 7) is 16.4. The zero-order valence-electron chi connectivity index (χ0n) is 34.1. The van der Waals surface area contributed by atoms with E-state index in [1.807, 2.05) is 6.92 Å². The molecule has 0 bridgehead atoms. The number of amides is 4. The summed E-state index contributed by atoms with van der Waals surface area (Å²) in [7, 11) is -2.54. The van der Waals surface area contributed by atoms with E-state index in [0.29, 0.717) is 41.1 Å². The number of halogens is 1. The van der Waals surface area contributed by atoms with Crippen LogP contribution in [0.2, 0.25) is 5.02 Å². The number of aromatic nitrogens is 1. The number of hydrogen-bond donors (Lipinski definition) is 2. The van der Waals surface area contributed by atoms with Gasteiger partial charge in [0.05, 0.1) is 30.7 Å². The fourth-order valence-electron chi connectivity index (χ4n) is 7.37. The van der Waals surface area contributed by atoms with Gasteiger partial charge >= 0.3 is 12.0 Å². The van der Waals surface area contributed by atoms with Gasteiger partial charge in [0.15, 0.2) is 0 Å². The zero-order chi connectivity index (χ0) is 42.5. The molecule has 0 radical (unpaired) electrons. The van der Waals surface area contributed by atoms with E-state index in [4.69, 9.17) is 25.8 Å². The molecule has 312 valence electrons. The van der Waals surface area contributed by atoms with E-state index in [1.54, 1.807) is 84.0 Å². The molecule has 4 amide bonds. The predicted molar refractivity (Wildman–Crippen MR) is 220 cm³/mol. The first kappa shape index (κ1) is 42.7. The van der Waals surface area contributed by atoms with E-state index in [2.05, 4.69) is 21.6 Å². The molecule has 1 aliphatic heterocycles. The maximum absolute atomic E-state index is 15.3. The highest BCUT2D eigenvalue weighted by atomic mass is 35.5. The van der Waals surface area contributed by atoms with Crippen molar-refractivity contribution in [1.82, 2.24) is 19.5 Å². The standard InChI is InChI=1S/C42H52ClN5O9S/c1-10-26-21-42(26,38(51)46-58(53,54)30-15-16-30)48(36(49)34(40(3,4)5)45-28-13-11-12-25(19-28)37(50)57-41(6,7)8)39(52)47-23-29(18-24(47)2)56-35-32-20-27(43)14-17-31(32)33(55-9)22-44-35/h10-14,17,19-20,22,24,26,29-30,34,45H,1,15-16,18,21,23H2,2-9H3,(H,46,51)/t24?,26-,29-,34+,42-/m1/s1. The van der Waals surface area contributed by atoms with Crippen LogP contribution >= 0.6 is 11.6 Å². The Labute approximate surface area is 344 Å². The number of pyridine rings is 1. The van der Waals surface area contributed by atoms with Crippen molar-refractivity contribution in [2.45, 2.75) is 109 Å². The lowest BCUT2D eigenvalue weighted by Crippen LogP contribution is -2.64. The van der Waals surface area contributed by atoms with Crippen LogP contribution in [0.15, 0.2) is 61.3 Å². The molecule has 14 nitrogen and oxygen atoms in total. The number of imide groups is 1. The van der Waals surface area contributed by atoms with Crippen LogP contribution in [0.1, 0.15) is 84.5 Å². The van der Waals surface area contributed by atoms with Crippen LogP contribution < -0.4 is 19.5 Å². The van der Waals surface area contributed by atoms with Gasteiger partial charge in [-0.3, -0.25) is 14.3 Å². The number of anilines is 1. The highest BCUT2D eigenvalue weighted by Crippen LogP contribution is 2.52. The van der Waals surface area contributed by atoms with Crippen LogP contribution in [-0.4, -0.2) is 95.2 Å². The van der Waals surface area contributed by atoms with Gasteiger partial charge in [-0.05, 0) is 88.8 Å². The minimum Gasteiger partial charge on any atom is -0.494 e. The smallest absolute Gasteiger partial charge is 0.338 e. The van der Waals surface area contributed by atoms with Gasteiger partial charge in [-0.25, -0.2) is 27.9 Å². The molecule has 2 heterocycles. The Kier molecular flexibility index (Phi) is 11.6. The molecule has 5 atom stereocenters. The minimum atomic E-state index is -4.07. The largest absolute Gasteiger partial charge is 0.494 e. The Morgan fingerprint density at radius 1 is 1.07 bits per heavy atom. The SMILES string of the molecule is C=C[C@@H]1C[C@@]1(C(=O)NS(=O)(=O)C1CC1)N(C(=O)[C@H](Nc1cccc(C(=O)OC(C)(C)C)c1)C(C)(C)C)C(=O)N1C[C@H](Oc2ncc(OC)c3ccc(Cl)cc23)CC1C. The summed E-state index contributed by atoms with van der Waals surface area (Å²) < 4.78 is 46.0. The summed E-state index contributed by atoms with van der Waals surface area (Å²) in [5.41, 5.74) is -2.91. The van der Waals surface area contributed by atoms with E-state index in [1.165, 1.54) is 24.3 Å². The summed E-state index contributed by atoms with van der Waals surface area (Å²) in [5.74, 6) is -2.24. The lowest BCUT2D eigenvalue weighted by molar-refractivity contribution is -0.141. The molecule has 0 spiro atoms. The molecule has 2 aromatic carbocycles. The number of rotatable bonds is 12. The van der Waals surface area contributed by atoms with Gasteiger partial charge in [0.1, 0.15) is 29.0 Å². The minimum absolute atomic E-state index is 0.0158. The van der Waals surface area contributed by atoms with Gasteiger partial charge in [-0.15, -0.1) is 6.58 Å². The van der Waals surface area contributed by atoms with Crippen molar-refractivity contribution in [3.63, 3.8) is 0 Å². The number of sulfonamides is 1. The average Bonchev–Trinajstić information content (AvgIpc) is 4.07. The van der Waals surface area contributed by atoms with Gasteiger partial charge in [0, 0.05) is 39.9 Å². The number of urea groups is 1. The summed E-state index contributed by atoms with van der Waals surface area (Å²) >= 11 is 6.35. The van der Waals surface area contributed by atoms with Gasteiger partial charge < -0.3 is 24.4 Å². The number of ether oxygens (including phenoxy) is 3. The third-order valence-electron chi connectivity index (χ3n) is 10.6. The molecule has 2 N–H and O–H groups in total. The maximum atomic E-state index is 15.3. The van der Waals surface area contributed by atoms with Crippen LogP contribution in [0.25, 0.3) is 10.8 Å². The van der Waals surface area contributed by atoms with E-state index in [-0.39, 0.29) is 24.4 Å². The van der Waals surface area contributed by atoms with Gasteiger partial charge in [-0.2, -0.15) is 0 Å². The van der Waals surface area contributed by atoms with E-state index < -0.39 is 79.7 Å². The molecule has 16 heteroatoms. The van der Waals surface area contributed by atoms with Crippen molar-refractivity contribution in [3.8, 4) is 11.6 Å². The number of carbonyl (C=O) groups excluding carboxylic acids is 4. The fraction of sp³-hybridized carbons (Fsp3) is 0.500. The van der Waals surface area contributed by atoms with Crippen LogP contribution in [0.5, 0.6) is 11.6 Å².